The molecule has 0 heterocycles. The molecule has 0 aromatic heterocycles. The van der Waals surface area contributed by atoms with Gasteiger partial charge in [-0.1, -0.05) is 20.8 Å². The molecule has 0 radical (unpaired) electrons. The molecule has 0 aliphatic rings. The van der Waals surface area contributed by atoms with Gasteiger partial charge in [-0.05, 0) is 32.7 Å². The third-order valence-electron chi connectivity index (χ3n) is 4.14. The minimum Gasteiger partial charge on any atom is -0.468 e. The molecule has 1 atom stereocenters. The standard InChI is InChI=1S/C16H34N2O3/c1-7-14(8-2)18(12-13-20-5)11-10-16(4,17-9-3)15(19)21-6/h14,17H,7-13H2,1-6H3. The molecule has 5 nitrogen and oxygen atoms in total. The Morgan fingerprint density at radius 1 is 1.19 bits per heavy atom. The molecule has 1 unspecified atom stereocenters. The van der Waals surface area contributed by atoms with E-state index in [1.165, 1.54) is 7.11 Å². The fourth-order valence-electron chi connectivity index (χ4n) is 2.74. The third-order valence-corrected chi connectivity index (χ3v) is 4.14. The quantitative estimate of drug-likeness (QED) is 0.559. The van der Waals surface area contributed by atoms with Gasteiger partial charge in [0.25, 0.3) is 0 Å². The molecule has 0 aliphatic heterocycles. The number of ether oxygens (including phenoxy) is 2. The van der Waals surface area contributed by atoms with Gasteiger partial charge in [-0.15, -0.1) is 0 Å². The van der Waals surface area contributed by atoms with Crippen molar-refractivity contribution in [1.29, 1.82) is 0 Å². The first-order valence-corrected chi connectivity index (χ1v) is 8.05. The monoisotopic (exact) mass is 302 g/mol. The largest absolute Gasteiger partial charge is 0.468 e. The van der Waals surface area contributed by atoms with Crippen molar-refractivity contribution in [2.45, 2.75) is 58.5 Å². The lowest BCUT2D eigenvalue weighted by molar-refractivity contribution is -0.148. The Labute approximate surface area is 130 Å². The number of rotatable bonds is 12. The van der Waals surface area contributed by atoms with E-state index >= 15 is 0 Å². The second kappa shape index (κ2) is 11.0. The Morgan fingerprint density at radius 2 is 1.81 bits per heavy atom. The van der Waals surface area contributed by atoms with E-state index in [2.05, 4.69) is 24.1 Å². The van der Waals surface area contributed by atoms with Crippen molar-refractivity contribution in [3.05, 3.63) is 0 Å². The maximum Gasteiger partial charge on any atom is 0.325 e. The van der Waals surface area contributed by atoms with Gasteiger partial charge in [0.15, 0.2) is 0 Å². The van der Waals surface area contributed by atoms with Gasteiger partial charge in [0.2, 0.25) is 0 Å². The van der Waals surface area contributed by atoms with Crippen LogP contribution in [0.5, 0.6) is 0 Å². The molecule has 21 heavy (non-hydrogen) atoms. The summed E-state index contributed by atoms with van der Waals surface area (Å²) in [5.41, 5.74) is -0.624. The van der Waals surface area contributed by atoms with E-state index in [1.807, 2.05) is 13.8 Å². The lowest BCUT2D eigenvalue weighted by Crippen LogP contribution is -2.52. The van der Waals surface area contributed by atoms with Crippen molar-refractivity contribution in [3.8, 4) is 0 Å². The predicted octanol–water partition coefficient (Wildman–Crippen LogP) is 2.05. The first kappa shape index (κ1) is 20.3. The van der Waals surface area contributed by atoms with E-state index in [4.69, 9.17) is 9.47 Å². The fraction of sp³-hybridized carbons (Fsp3) is 0.938. The summed E-state index contributed by atoms with van der Waals surface area (Å²) in [5, 5.41) is 3.26. The van der Waals surface area contributed by atoms with Gasteiger partial charge in [0.1, 0.15) is 5.54 Å². The Morgan fingerprint density at radius 3 is 2.24 bits per heavy atom. The molecule has 126 valence electrons. The smallest absolute Gasteiger partial charge is 0.325 e. The van der Waals surface area contributed by atoms with Crippen molar-refractivity contribution in [3.63, 3.8) is 0 Å². The molecule has 5 heteroatoms. The van der Waals surface area contributed by atoms with Crippen molar-refractivity contribution in [2.24, 2.45) is 0 Å². The van der Waals surface area contributed by atoms with Crippen LogP contribution in [-0.2, 0) is 14.3 Å². The second-order valence-corrected chi connectivity index (χ2v) is 5.60. The van der Waals surface area contributed by atoms with Crippen LogP contribution in [0.3, 0.4) is 0 Å². The third kappa shape index (κ3) is 6.76. The van der Waals surface area contributed by atoms with Gasteiger partial charge < -0.3 is 14.8 Å². The molecule has 0 amide bonds. The van der Waals surface area contributed by atoms with Crippen LogP contribution in [0, 0.1) is 0 Å². The van der Waals surface area contributed by atoms with Crippen LogP contribution in [-0.4, -0.2) is 62.9 Å². The average Bonchev–Trinajstić information content (AvgIpc) is 2.49. The van der Waals surface area contributed by atoms with Crippen LogP contribution < -0.4 is 5.32 Å². The molecule has 0 fully saturated rings. The number of carbonyl (C=O) groups is 1. The van der Waals surface area contributed by atoms with Crippen LogP contribution in [0.4, 0.5) is 0 Å². The van der Waals surface area contributed by atoms with Crippen LogP contribution in [0.2, 0.25) is 0 Å². The summed E-state index contributed by atoms with van der Waals surface area (Å²) < 4.78 is 10.2. The molecular formula is C16H34N2O3. The first-order valence-electron chi connectivity index (χ1n) is 8.05. The number of methoxy groups -OCH3 is 2. The fourth-order valence-corrected chi connectivity index (χ4v) is 2.74. The lowest BCUT2D eigenvalue weighted by Gasteiger charge is -2.34. The molecule has 0 saturated heterocycles. The summed E-state index contributed by atoms with van der Waals surface area (Å²) in [5.74, 6) is -0.194. The number of nitrogens with one attached hydrogen (secondary N) is 1. The summed E-state index contributed by atoms with van der Waals surface area (Å²) in [7, 11) is 3.17. The van der Waals surface area contributed by atoms with E-state index < -0.39 is 5.54 Å². The zero-order chi connectivity index (χ0) is 16.3. The highest BCUT2D eigenvalue weighted by Gasteiger charge is 2.34. The predicted molar refractivity (Wildman–Crippen MR) is 86.5 cm³/mol. The molecule has 0 bridgehead atoms. The Bertz CT molecular complexity index is 283. The van der Waals surface area contributed by atoms with Crippen molar-refractivity contribution in [2.75, 3.05) is 40.5 Å². The zero-order valence-electron chi connectivity index (χ0n) is 14.7. The first-order chi connectivity index (χ1) is 9.98. The number of esters is 1. The molecule has 0 aliphatic carbocycles. The zero-order valence-corrected chi connectivity index (χ0v) is 14.7. The van der Waals surface area contributed by atoms with Crippen LogP contribution >= 0.6 is 0 Å². The summed E-state index contributed by atoms with van der Waals surface area (Å²) in [4.78, 5) is 14.4. The molecular weight excluding hydrogens is 268 g/mol. The van der Waals surface area contributed by atoms with E-state index in [0.717, 1.165) is 38.9 Å². The minimum atomic E-state index is -0.624. The summed E-state index contributed by atoms with van der Waals surface area (Å²) >= 11 is 0. The molecule has 1 N–H and O–H groups in total. The van der Waals surface area contributed by atoms with Crippen molar-refractivity contribution in [1.82, 2.24) is 10.2 Å². The Balaban J connectivity index is 4.77. The van der Waals surface area contributed by atoms with Gasteiger partial charge in [-0.3, -0.25) is 9.69 Å². The number of likely N-dealkylation sites (N-methyl/N-ethyl adjacent to an activating group) is 1. The topological polar surface area (TPSA) is 50.8 Å². The van der Waals surface area contributed by atoms with E-state index in [1.54, 1.807) is 7.11 Å². The van der Waals surface area contributed by atoms with E-state index in [-0.39, 0.29) is 5.97 Å². The van der Waals surface area contributed by atoms with Gasteiger partial charge >= 0.3 is 5.97 Å². The summed E-state index contributed by atoms with van der Waals surface area (Å²) in [6.45, 7) is 11.5. The second-order valence-electron chi connectivity index (χ2n) is 5.60. The normalized spacial score (nSPS) is 14.5. The molecule has 0 saturated carbocycles. The number of carbonyl (C=O) groups excluding carboxylic acids is 1. The van der Waals surface area contributed by atoms with Gasteiger partial charge in [0, 0.05) is 26.2 Å². The van der Waals surface area contributed by atoms with Crippen LogP contribution in [0.25, 0.3) is 0 Å². The van der Waals surface area contributed by atoms with Crippen molar-refractivity contribution < 1.29 is 14.3 Å². The molecule has 0 aromatic carbocycles. The SMILES string of the molecule is CCNC(C)(CCN(CCOC)C(CC)CC)C(=O)OC. The number of nitrogens with zero attached hydrogens (tertiary/aromatic N) is 1. The highest BCUT2D eigenvalue weighted by molar-refractivity contribution is 5.80. The summed E-state index contributed by atoms with van der Waals surface area (Å²) in [6.07, 6.45) is 2.94. The molecule has 0 rings (SSSR count). The number of hydrogen-bond donors (Lipinski definition) is 1. The maximum absolute atomic E-state index is 12.0. The van der Waals surface area contributed by atoms with Crippen LogP contribution in [0.15, 0.2) is 0 Å². The highest BCUT2D eigenvalue weighted by atomic mass is 16.5. The van der Waals surface area contributed by atoms with E-state index in [9.17, 15) is 4.79 Å². The maximum atomic E-state index is 12.0. The minimum absolute atomic E-state index is 0.194. The Hall–Kier alpha value is -0.650. The van der Waals surface area contributed by atoms with E-state index in [0.29, 0.717) is 12.6 Å². The highest BCUT2D eigenvalue weighted by Crippen LogP contribution is 2.16. The van der Waals surface area contributed by atoms with Gasteiger partial charge in [-0.2, -0.15) is 0 Å². The van der Waals surface area contributed by atoms with Gasteiger partial charge in [0.05, 0.1) is 13.7 Å². The van der Waals surface area contributed by atoms with Crippen molar-refractivity contribution >= 4 is 5.97 Å². The number of hydrogen-bond acceptors (Lipinski definition) is 5. The Kier molecular flexibility index (Phi) is 10.6. The van der Waals surface area contributed by atoms with Gasteiger partial charge in [-0.25, -0.2) is 0 Å². The van der Waals surface area contributed by atoms with Crippen LogP contribution in [0.1, 0.15) is 47.0 Å². The average molecular weight is 302 g/mol. The molecule has 0 spiro atoms. The summed E-state index contributed by atoms with van der Waals surface area (Å²) in [6, 6.07) is 0.531. The molecule has 0 aromatic rings. The lowest BCUT2D eigenvalue weighted by atomic mass is 9.96.